The zero-order valence-corrected chi connectivity index (χ0v) is 20.3. The Kier molecular flexibility index (Phi) is 11.5. The molecule has 1 aromatic carbocycles. The molecule has 1 unspecified atom stereocenters. The van der Waals surface area contributed by atoms with Gasteiger partial charge in [-0.05, 0) is 51.4 Å². The van der Waals surface area contributed by atoms with Crippen LogP contribution in [0.4, 0.5) is 5.69 Å². The van der Waals surface area contributed by atoms with Crippen molar-refractivity contribution in [1.29, 1.82) is 0 Å². The Hall–Kier alpha value is -2.17. The van der Waals surface area contributed by atoms with E-state index in [0.29, 0.717) is 5.92 Å². The van der Waals surface area contributed by atoms with Gasteiger partial charge in [0.25, 0.3) is 0 Å². The van der Waals surface area contributed by atoms with Crippen LogP contribution in [0.25, 0.3) is 24.3 Å². The molecule has 0 N–H and O–H groups in total. The highest BCUT2D eigenvalue weighted by Crippen LogP contribution is 2.25. The Morgan fingerprint density at radius 1 is 1.26 bits per heavy atom. The molecule has 3 rings (SSSR count). The first-order chi connectivity index (χ1) is 14.4. The topological polar surface area (TPSA) is 19.4 Å². The van der Waals surface area contributed by atoms with Gasteiger partial charge in [-0.25, -0.2) is 4.98 Å². The summed E-state index contributed by atoms with van der Waals surface area (Å²) in [6.45, 7) is 15.6. The fraction of sp³-hybridized carbons (Fsp3) is 0.444. The van der Waals surface area contributed by atoms with Gasteiger partial charge in [-0.1, -0.05) is 70.4 Å². The number of likely N-dealkylation sites (N-methyl/N-ethyl adjacent to an activating group) is 2. The fourth-order valence-corrected chi connectivity index (χ4v) is 4.37. The van der Waals surface area contributed by atoms with Crippen LogP contribution in [0.15, 0.2) is 30.9 Å². The number of fused-ring (bicyclic) bond motifs is 1. The van der Waals surface area contributed by atoms with Gasteiger partial charge in [0.2, 0.25) is 0 Å². The summed E-state index contributed by atoms with van der Waals surface area (Å²) in [6, 6.07) is 6.38. The third-order valence-electron chi connectivity index (χ3n) is 5.35. The summed E-state index contributed by atoms with van der Waals surface area (Å²) in [5, 5.41) is 2.38. The summed E-state index contributed by atoms with van der Waals surface area (Å²) >= 11 is 1.80. The van der Waals surface area contributed by atoms with Gasteiger partial charge in [-0.15, -0.1) is 11.3 Å². The van der Waals surface area contributed by atoms with Gasteiger partial charge < -0.3 is 9.80 Å². The number of allylic oxidation sites excluding steroid dienone is 1. The lowest BCUT2D eigenvalue weighted by atomic mass is 10.0. The fourth-order valence-electron chi connectivity index (χ4n) is 3.38. The Labute approximate surface area is 194 Å². The van der Waals surface area contributed by atoms with Crippen LogP contribution in [0.3, 0.4) is 0 Å². The number of anilines is 1. The van der Waals surface area contributed by atoms with Crippen LogP contribution in [0, 0.1) is 12.8 Å². The molecule has 1 aliphatic carbocycles. The van der Waals surface area contributed by atoms with Crippen molar-refractivity contribution >= 4 is 41.3 Å². The normalized spacial score (nSPS) is 14.6. The molecule has 4 heteroatoms. The average molecular weight is 440 g/mol. The SMILES string of the molecule is C.C=Cc1cccc(N(C)CCN(C)CC)c1/C=C\C.Cc1nc2c(s1)=CC(C)CC=2. The van der Waals surface area contributed by atoms with E-state index >= 15 is 0 Å². The van der Waals surface area contributed by atoms with E-state index in [1.807, 2.05) is 6.08 Å². The highest BCUT2D eigenvalue weighted by Gasteiger charge is 2.08. The molecule has 0 saturated carbocycles. The largest absolute Gasteiger partial charge is 0.373 e. The van der Waals surface area contributed by atoms with Crippen LogP contribution < -0.4 is 14.8 Å². The second-order valence-corrected chi connectivity index (χ2v) is 9.10. The minimum Gasteiger partial charge on any atom is -0.373 e. The molecule has 0 amide bonds. The molecule has 3 nitrogen and oxygen atoms in total. The quantitative estimate of drug-likeness (QED) is 0.573. The van der Waals surface area contributed by atoms with Gasteiger partial charge in [-0.2, -0.15) is 0 Å². The summed E-state index contributed by atoms with van der Waals surface area (Å²) in [7, 11) is 4.31. The molecule has 31 heavy (non-hydrogen) atoms. The third-order valence-corrected chi connectivity index (χ3v) is 6.30. The van der Waals surface area contributed by atoms with Gasteiger partial charge in [0.1, 0.15) is 0 Å². The highest BCUT2D eigenvalue weighted by molar-refractivity contribution is 7.09. The number of benzene rings is 1. The molecule has 0 spiro atoms. The Balaban J connectivity index is 0.000000338. The smallest absolute Gasteiger partial charge is 0.0907 e. The number of aryl methyl sites for hydroxylation is 1. The van der Waals surface area contributed by atoms with Crippen molar-refractivity contribution in [2.24, 2.45) is 5.92 Å². The van der Waals surface area contributed by atoms with E-state index in [4.69, 9.17) is 0 Å². The molecule has 1 aromatic heterocycles. The molecular formula is C27H41N3S. The first kappa shape index (κ1) is 26.9. The molecule has 170 valence electrons. The van der Waals surface area contributed by atoms with E-state index in [1.165, 1.54) is 31.7 Å². The molecule has 0 radical (unpaired) electrons. The molecule has 1 atom stereocenters. The van der Waals surface area contributed by atoms with E-state index in [2.05, 4.69) is 106 Å². The van der Waals surface area contributed by atoms with Gasteiger partial charge >= 0.3 is 0 Å². The Bertz CT molecular complexity index is 971. The number of nitrogens with zero attached hydrogens (tertiary/aromatic N) is 3. The van der Waals surface area contributed by atoms with Crippen LogP contribution in [-0.4, -0.2) is 43.6 Å². The molecule has 0 saturated heterocycles. The van der Waals surface area contributed by atoms with Crippen LogP contribution in [0.2, 0.25) is 0 Å². The second-order valence-electron chi connectivity index (χ2n) is 7.87. The number of hydrogen-bond acceptors (Lipinski definition) is 4. The standard InChI is InChI=1S/C17H26N2.C9H11NS.CH4/c1-6-10-16-15(7-2)11-9-12-17(16)19(5)14-13-18(4)8-3;1-6-3-4-8-9(5-6)11-7(2)10-8;/h6-7,9-12H,2,8,13-14H2,1,3-5H3;4-6H,3H2,1-2H3;1H4/b10-6-;;. The lowest BCUT2D eigenvalue weighted by Gasteiger charge is -2.25. The minimum atomic E-state index is 0. The van der Waals surface area contributed by atoms with Gasteiger partial charge in [-0.3, -0.25) is 0 Å². The zero-order chi connectivity index (χ0) is 22.1. The third kappa shape index (κ3) is 7.79. The molecule has 0 bridgehead atoms. The Morgan fingerprint density at radius 2 is 2.00 bits per heavy atom. The molecule has 1 heterocycles. The minimum absolute atomic E-state index is 0. The predicted molar refractivity (Wildman–Crippen MR) is 143 cm³/mol. The Morgan fingerprint density at radius 3 is 2.65 bits per heavy atom. The van der Waals surface area contributed by atoms with E-state index in [1.54, 1.807) is 11.3 Å². The summed E-state index contributed by atoms with van der Waals surface area (Å²) < 4.78 is 1.36. The lowest BCUT2D eigenvalue weighted by molar-refractivity contribution is 0.360. The van der Waals surface area contributed by atoms with Gasteiger partial charge in [0.05, 0.1) is 14.9 Å². The van der Waals surface area contributed by atoms with Gasteiger partial charge in [0.15, 0.2) is 0 Å². The monoisotopic (exact) mass is 439 g/mol. The summed E-state index contributed by atoms with van der Waals surface area (Å²) in [5.74, 6) is 0.697. The van der Waals surface area contributed by atoms with Crippen molar-refractivity contribution in [3.05, 3.63) is 56.9 Å². The van der Waals surface area contributed by atoms with E-state index in [0.717, 1.165) is 26.1 Å². The molecule has 1 aliphatic rings. The first-order valence-corrected chi connectivity index (χ1v) is 11.6. The summed E-state index contributed by atoms with van der Waals surface area (Å²) in [4.78, 5) is 9.05. The summed E-state index contributed by atoms with van der Waals surface area (Å²) in [5.41, 5.74) is 3.70. The van der Waals surface area contributed by atoms with Gasteiger partial charge in [0, 0.05) is 31.4 Å². The average Bonchev–Trinajstić information content (AvgIpc) is 3.11. The number of hydrogen-bond donors (Lipinski definition) is 0. The van der Waals surface area contributed by atoms with Crippen molar-refractivity contribution in [3.8, 4) is 0 Å². The predicted octanol–water partition coefficient (Wildman–Crippen LogP) is 5.44. The zero-order valence-electron chi connectivity index (χ0n) is 19.5. The van der Waals surface area contributed by atoms with Crippen molar-refractivity contribution in [1.82, 2.24) is 9.88 Å². The second kappa shape index (κ2) is 13.3. The van der Waals surface area contributed by atoms with Crippen LogP contribution in [0.5, 0.6) is 0 Å². The van der Waals surface area contributed by atoms with Crippen LogP contribution in [0.1, 0.15) is 50.8 Å². The summed E-state index contributed by atoms with van der Waals surface area (Å²) in [6.07, 6.45) is 11.9. The van der Waals surface area contributed by atoms with Crippen molar-refractivity contribution in [2.75, 3.05) is 38.6 Å². The maximum atomic E-state index is 4.42. The van der Waals surface area contributed by atoms with Crippen LogP contribution >= 0.6 is 11.3 Å². The van der Waals surface area contributed by atoms with E-state index in [-0.39, 0.29) is 7.43 Å². The first-order valence-electron chi connectivity index (χ1n) is 10.8. The maximum Gasteiger partial charge on any atom is 0.0907 e. The lowest BCUT2D eigenvalue weighted by Crippen LogP contribution is -2.31. The van der Waals surface area contributed by atoms with E-state index in [9.17, 15) is 0 Å². The molecule has 0 fully saturated rings. The highest BCUT2D eigenvalue weighted by atomic mass is 32.1. The van der Waals surface area contributed by atoms with Crippen molar-refractivity contribution in [2.45, 2.75) is 41.5 Å². The van der Waals surface area contributed by atoms with Crippen molar-refractivity contribution < 1.29 is 0 Å². The number of aromatic nitrogens is 1. The number of thiazole rings is 1. The van der Waals surface area contributed by atoms with E-state index < -0.39 is 0 Å². The number of rotatable bonds is 7. The molecule has 2 aromatic rings. The molecular weight excluding hydrogens is 398 g/mol. The maximum absolute atomic E-state index is 4.42. The molecule has 0 aliphatic heterocycles. The van der Waals surface area contributed by atoms with Crippen molar-refractivity contribution in [3.63, 3.8) is 0 Å². The van der Waals surface area contributed by atoms with Crippen LogP contribution in [-0.2, 0) is 0 Å².